The summed E-state index contributed by atoms with van der Waals surface area (Å²) in [5.41, 5.74) is 8.03. The van der Waals surface area contributed by atoms with Crippen LogP contribution in [-0.2, 0) is 23.1 Å². The molecule has 2 N–H and O–H groups in total. The summed E-state index contributed by atoms with van der Waals surface area (Å²) in [5, 5.41) is 0. The summed E-state index contributed by atoms with van der Waals surface area (Å²) < 4.78 is 31.7. The third kappa shape index (κ3) is 2.78. The van der Waals surface area contributed by atoms with E-state index in [1.165, 1.54) is 21.7 Å². The molecule has 0 fully saturated rings. The van der Waals surface area contributed by atoms with E-state index in [0.29, 0.717) is 18.1 Å². The second kappa shape index (κ2) is 5.65. The minimum absolute atomic E-state index is 0.169. The normalized spacial score (nSPS) is 12.2. The minimum Gasteiger partial charge on any atom is -0.464 e. The van der Waals surface area contributed by atoms with Crippen molar-refractivity contribution in [2.24, 2.45) is 5.73 Å². The Balaban J connectivity index is 2.29. The van der Waals surface area contributed by atoms with Crippen LogP contribution in [0.25, 0.3) is 0 Å². The number of aryl methyl sites for hydroxylation is 2. The van der Waals surface area contributed by atoms with Gasteiger partial charge >= 0.3 is 0 Å². The van der Waals surface area contributed by atoms with Crippen LogP contribution in [0.3, 0.4) is 0 Å². The predicted octanol–water partition coefficient (Wildman–Crippen LogP) is 1.63. The van der Waals surface area contributed by atoms with E-state index in [1.807, 2.05) is 6.92 Å². The van der Waals surface area contributed by atoms with Gasteiger partial charge in [-0.05, 0) is 13.8 Å². The van der Waals surface area contributed by atoms with E-state index in [-0.39, 0.29) is 11.4 Å². The number of nitrogens with two attached hydrogens (primary N) is 1. The van der Waals surface area contributed by atoms with E-state index in [1.54, 1.807) is 19.5 Å². The zero-order valence-electron chi connectivity index (χ0n) is 11.6. The molecule has 0 radical (unpaired) electrons. The molecule has 2 heterocycles. The summed E-state index contributed by atoms with van der Waals surface area (Å²) in [5.74, 6) is 0.821. The molecule has 0 bridgehead atoms. The van der Waals surface area contributed by atoms with Gasteiger partial charge in [0.15, 0.2) is 0 Å². The van der Waals surface area contributed by atoms with Gasteiger partial charge < -0.3 is 10.2 Å². The Labute approximate surface area is 122 Å². The highest BCUT2D eigenvalue weighted by molar-refractivity contribution is 7.89. The smallest absolute Gasteiger partial charge is 0.246 e. The molecule has 0 aliphatic carbocycles. The van der Waals surface area contributed by atoms with E-state index in [0.717, 1.165) is 10.6 Å². The SMILES string of the molecule is Cc1ncsc1CN(C)S(=O)(=O)c1cc(CN)oc1C. The van der Waals surface area contributed by atoms with Gasteiger partial charge in [0.1, 0.15) is 16.4 Å². The second-order valence-corrected chi connectivity index (χ2v) is 7.41. The second-order valence-electron chi connectivity index (χ2n) is 4.46. The summed E-state index contributed by atoms with van der Waals surface area (Å²) in [7, 11) is -2.04. The van der Waals surface area contributed by atoms with Gasteiger partial charge in [0.05, 0.1) is 17.7 Å². The van der Waals surface area contributed by atoms with Crippen molar-refractivity contribution in [2.75, 3.05) is 7.05 Å². The molecule has 0 saturated carbocycles. The molecule has 6 nitrogen and oxygen atoms in total. The van der Waals surface area contributed by atoms with Gasteiger partial charge in [0.2, 0.25) is 10.0 Å². The molecule has 0 amide bonds. The lowest BCUT2D eigenvalue weighted by molar-refractivity contribution is 0.457. The van der Waals surface area contributed by atoms with Crippen LogP contribution in [0.5, 0.6) is 0 Å². The monoisotopic (exact) mass is 315 g/mol. The maximum atomic E-state index is 12.5. The Morgan fingerprint density at radius 3 is 2.65 bits per heavy atom. The lowest BCUT2D eigenvalue weighted by Gasteiger charge is -2.15. The fraction of sp³-hybridized carbons (Fsp3) is 0.417. The number of hydrogen-bond acceptors (Lipinski definition) is 6. The first kappa shape index (κ1) is 15.2. The van der Waals surface area contributed by atoms with Gasteiger partial charge in [0.25, 0.3) is 0 Å². The highest BCUT2D eigenvalue weighted by Crippen LogP contribution is 2.25. The van der Waals surface area contributed by atoms with Crippen molar-refractivity contribution in [3.8, 4) is 0 Å². The van der Waals surface area contributed by atoms with Crippen molar-refractivity contribution in [2.45, 2.75) is 31.8 Å². The van der Waals surface area contributed by atoms with Crippen molar-refractivity contribution in [1.82, 2.24) is 9.29 Å². The number of hydrogen-bond donors (Lipinski definition) is 1. The number of rotatable bonds is 5. The highest BCUT2D eigenvalue weighted by Gasteiger charge is 2.26. The molecule has 0 unspecified atom stereocenters. The highest BCUT2D eigenvalue weighted by atomic mass is 32.2. The minimum atomic E-state index is -3.59. The van der Waals surface area contributed by atoms with Crippen LogP contribution in [0.1, 0.15) is 22.1 Å². The first-order chi connectivity index (χ1) is 9.36. The van der Waals surface area contributed by atoms with Crippen molar-refractivity contribution in [3.63, 3.8) is 0 Å². The average molecular weight is 315 g/mol. The topological polar surface area (TPSA) is 89.4 Å². The van der Waals surface area contributed by atoms with Crippen LogP contribution < -0.4 is 5.73 Å². The van der Waals surface area contributed by atoms with Crippen LogP contribution in [0.15, 0.2) is 20.9 Å². The van der Waals surface area contributed by atoms with Crippen molar-refractivity contribution < 1.29 is 12.8 Å². The molecule has 2 rings (SSSR count). The molecule has 0 spiro atoms. The third-order valence-electron chi connectivity index (χ3n) is 3.02. The van der Waals surface area contributed by atoms with Crippen molar-refractivity contribution in [1.29, 1.82) is 0 Å². The average Bonchev–Trinajstić information content (AvgIpc) is 2.96. The Kier molecular flexibility index (Phi) is 4.28. The Hall–Kier alpha value is -1.22. The van der Waals surface area contributed by atoms with Crippen LogP contribution in [0.4, 0.5) is 0 Å². The summed E-state index contributed by atoms with van der Waals surface area (Å²) in [6.07, 6.45) is 0. The van der Waals surface area contributed by atoms with E-state index in [2.05, 4.69) is 4.98 Å². The van der Waals surface area contributed by atoms with E-state index in [9.17, 15) is 8.42 Å². The first-order valence-electron chi connectivity index (χ1n) is 6.01. The first-order valence-corrected chi connectivity index (χ1v) is 8.33. The number of furan rings is 1. The number of thiazole rings is 1. The lowest BCUT2D eigenvalue weighted by Crippen LogP contribution is -2.26. The van der Waals surface area contributed by atoms with Crippen molar-refractivity contribution in [3.05, 3.63) is 33.7 Å². The van der Waals surface area contributed by atoms with Crippen LogP contribution in [0, 0.1) is 13.8 Å². The van der Waals surface area contributed by atoms with E-state index >= 15 is 0 Å². The largest absolute Gasteiger partial charge is 0.464 e. The summed E-state index contributed by atoms with van der Waals surface area (Å²) in [6, 6.07) is 1.49. The fourth-order valence-electron chi connectivity index (χ4n) is 1.81. The molecule has 8 heteroatoms. The third-order valence-corrected chi connectivity index (χ3v) is 5.85. The Bertz CT molecular complexity index is 703. The van der Waals surface area contributed by atoms with Gasteiger partial charge in [-0.2, -0.15) is 4.31 Å². The molecule has 20 heavy (non-hydrogen) atoms. The standard InChI is InChI=1S/C12H17N3O3S2/c1-8-11(19-7-14-8)6-15(3)20(16,17)12-4-10(5-13)18-9(12)2/h4,7H,5-6,13H2,1-3H3. The number of aromatic nitrogens is 1. The van der Waals surface area contributed by atoms with Crippen LogP contribution in [-0.4, -0.2) is 24.8 Å². The van der Waals surface area contributed by atoms with Gasteiger partial charge in [-0.3, -0.25) is 0 Å². The maximum Gasteiger partial charge on any atom is 0.246 e. The lowest BCUT2D eigenvalue weighted by atomic mass is 10.4. The number of nitrogens with zero attached hydrogens (tertiary/aromatic N) is 2. The van der Waals surface area contributed by atoms with Gasteiger partial charge in [-0.25, -0.2) is 13.4 Å². The molecule has 0 atom stereocenters. The molecule has 110 valence electrons. The zero-order chi connectivity index (χ0) is 14.9. The summed E-state index contributed by atoms with van der Waals surface area (Å²) in [6.45, 7) is 3.95. The van der Waals surface area contributed by atoms with Crippen LogP contribution in [0.2, 0.25) is 0 Å². The van der Waals surface area contributed by atoms with Gasteiger partial charge in [-0.1, -0.05) is 0 Å². The molecule has 0 aromatic carbocycles. The Morgan fingerprint density at radius 2 is 2.15 bits per heavy atom. The van der Waals surface area contributed by atoms with Gasteiger partial charge in [-0.15, -0.1) is 11.3 Å². The van der Waals surface area contributed by atoms with Gasteiger partial charge in [0, 0.05) is 24.5 Å². The zero-order valence-corrected chi connectivity index (χ0v) is 13.2. The molecule has 0 aliphatic heterocycles. The van der Waals surface area contributed by atoms with E-state index < -0.39 is 10.0 Å². The Morgan fingerprint density at radius 1 is 1.45 bits per heavy atom. The molecular weight excluding hydrogens is 298 g/mol. The molecular formula is C12H17N3O3S2. The quantitative estimate of drug-likeness (QED) is 0.906. The molecule has 0 saturated heterocycles. The van der Waals surface area contributed by atoms with Crippen LogP contribution >= 0.6 is 11.3 Å². The van der Waals surface area contributed by atoms with Crippen molar-refractivity contribution >= 4 is 21.4 Å². The molecule has 2 aromatic rings. The summed E-state index contributed by atoms with van der Waals surface area (Å²) >= 11 is 1.44. The molecule has 2 aromatic heterocycles. The molecule has 0 aliphatic rings. The maximum absolute atomic E-state index is 12.5. The fourth-order valence-corrected chi connectivity index (χ4v) is 4.05. The predicted molar refractivity (Wildman–Crippen MR) is 76.8 cm³/mol. The number of sulfonamides is 1. The summed E-state index contributed by atoms with van der Waals surface area (Å²) in [4.78, 5) is 5.22. The van der Waals surface area contributed by atoms with E-state index in [4.69, 9.17) is 10.2 Å².